The lowest BCUT2D eigenvalue weighted by Crippen LogP contribution is -2.25. The molecule has 0 aliphatic carbocycles. The Kier molecular flexibility index (Phi) is 3.51. The molecule has 0 radical (unpaired) electrons. The summed E-state index contributed by atoms with van der Waals surface area (Å²) in [6.07, 6.45) is -0.0120. The predicted octanol–water partition coefficient (Wildman–Crippen LogP) is 1.99. The van der Waals surface area contributed by atoms with Crippen molar-refractivity contribution in [3.8, 4) is 11.8 Å². The van der Waals surface area contributed by atoms with Crippen molar-refractivity contribution in [3.05, 3.63) is 29.8 Å². The molecule has 4 nitrogen and oxygen atoms in total. The van der Waals surface area contributed by atoms with Crippen molar-refractivity contribution in [3.63, 3.8) is 0 Å². The number of carboxylic acid groups (broad SMARTS) is 1. The van der Waals surface area contributed by atoms with Gasteiger partial charge in [0, 0.05) is 0 Å². The molecule has 1 N–H and O–H groups in total. The van der Waals surface area contributed by atoms with Gasteiger partial charge in [-0.25, -0.2) is 0 Å². The minimum atomic E-state index is -0.881. The van der Waals surface area contributed by atoms with Crippen LogP contribution in [-0.2, 0) is 11.2 Å². The molecule has 16 heavy (non-hydrogen) atoms. The molecule has 4 heteroatoms. The van der Waals surface area contributed by atoms with Crippen molar-refractivity contribution in [2.45, 2.75) is 25.9 Å². The number of nitriles is 1. The van der Waals surface area contributed by atoms with Crippen molar-refractivity contribution in [2.24, 2.45) is 0 Å². The molecular formula is C12H13NO3. The largest absolute Gasteiger partial charge is 0.481 e. The van der Waals surface area contributed by atoms with E-state index >= 15 is 0 Å². The number of ether oxygens (including phenoxy) is 1. The van der Waals surface area contributed by atoms with Crippen LogP contribution in [0.25, 0.3) is 0 Å². The fourth-order valence-electron chi connectivity index (χ4n) is 1.17. The van der Waals surface area contributed by atoms with E-state index in [1.807, 2.05) is 6.07 Å². The molecule has 0 atom stereocenters. The van der Waals surface area contributed by atoms with Crippen LogP contribution in [0.3, 0.4) is 0 Å². The minimum Gasteiger partial charge on any atom is -0.481 e. The molecule has 0 heterocycles. The Morgan fingerprint density at radius 3 is 2.44 bits per heavy atom. The molecule has 1 rings (SSSR count). The first-order valence-electron chi connectivity index (χ1n) is 4.84. The summed E-state index contributed by atoms with van der Waals surface area (Å²) in [5.74, 6) is -0.313. The Labute approximate surface area is 94.1 Å². The third kappa shape index (κ3) is 3.62. The summed E-state index contributed by atoms with van der Waals surface area (Å²) in [5, 5.41) is 17.4. The predicted molar refractivity (Wildman–Crippen MR) is 58.1 cm³/mol. The Balaban J connectivity index is 2.73. The van der Waals surface area contributed by atoms with E-state index in [2.05, 4.69) is 0 Å². The molecule has 1 aromatic rings. The van der Waals surface area contributed by atoms with Crippen LogP contribution in [0, 0.1) is 11.3 Å². The highest BCUT2D eigenvalue weighted by atomic mass is 16.5. The fraction of sp³-hybridized carbons (Fsp3) is 0.333. The van der Waals surface area contributed by atoms with E-state index in [1.54, 1.807) is 38.1 Å². The Morgan fingerprint density at radius 1 is 1.44 bits per heavy atom. The first kappa shape index (κ1) is 12.1. The lowest BCUT2D eigenvalue weighted by Gasteiger charge is -2.18. The van der Waals surface area contributed by atoms with E-state index < -0.39 is 11.6 Å². The normalized spacial score (nSPS) is 10.6. The Bertz CT molecular complexity index is 415. The minimum absolute atomic E-state index is 0.0120. The van der Waals surface area contributed by atoms with Crippen molar-refractivity contribution < 1.29 is 14.6 Å². The van der Waals surface area contributed by atoms with Crippen LogP contribution in [0.4, 0.5) is 0 Å². The van der Waals surface area contributed by atoms with Gasteiger partial charge in [0.1, 0.15) is 11.8 Å². The zero-order valence-electron chi connectivity index (χ0n) is 9.23. The van der Waals surface area contributed by atoms with Crippen molar-refractivity contribution in [2.75, 3.05) is 0 Å². The quantitative estimate of drug-likeness (QED) is 0.840. The second-order valence-corrected chi connectivity index (χ2v) is 3.94. The van der Waals surface area contributed by atoms with Crippen LogP contribution in [0.1, 0.15) is 19.4 Å². The summed E-state index contributed by atoms with van der Waals surface area (Å²) in [4.78, 5) is 10.5. The number of nitrogens with zero attached hydrogens (tertiary/aromatic N) is 1. The monoisotopic (exact) mass is 219 g/mol. The maximum absolute atomic E-state index is 10.5. The summed E-state index contributed by atoms with van der Waals surface area (Å²) >= 11 is 0. The molecular weight excluding hydrogens is 206 g/mol. The molecule has 1 aromatic carbocycles. The van der Waals surface area contributed by atoms with Crippen molar-refractivity contribution >= 4 is 5.97 Å². The van der Waals surface area contributed by atoms with E-state index in [4.69, 9.17) is 15.1 Å². The van der Waals surface area contributed by atoms with Gasteiger partial charge < -0.3 is 9.84 Å². The van der Waals surface area contributed by atoms with E-state index in [0.717, 1.165) is 0 Å². The summed E-state index contributed by atoms with van der Waals surface area (Å²) < 4.78 is 5.40. The van der Waals surface area contributed by atoms with Crippen LogP contribution < -0.4 is 4.74 Å². The zero-order valence-corrected chi connectivity index (χ0v) is 9.23. The molecule has 0 amide bonds. The SMILES string of the molecule is CC(C)(C#N)Oc1ccc(CC(=O)O)cc1. The average molecular weight is 219 g/mol. The standard InChI is InChI=1S/C12H13NO3/c1-12(2,8-13)16-10-5-3-9(4-6-10)7-11(14)15/h3-6H,7H2,1-2H3,(H,14,15). The lowest BCUT2D eigenvalue weighted by atomic mass is 10.1. The molecule has 0 unspecified atom stereocenters. The van der Waals surface area contributed by atoms with Gasteiger partial charge in [-0.2, -0.15) is 5.26 Å². The highest BCUT2D eigenvalue weighted by Crippen LogP contribution is 2.18. The van der Waals surface area contributed by atoms with Crippen LogP contribution in [0.5, 0.6) is 5.75 Å². The van der Waals surface area contributed by atoms with Gasteiger partial charge >= 0.3 is 5.97 Å². The first-order valence-corrected chi connectivity index (χ1v) is 4.84. The van der Waals surface area contributed by atoms with Gasteiger partial charge in [-0.05, 0) is 31.5 Å². The second kappa shape index (κ2) is 4.67. The van der Waals surface area contributed by atoms with E-state index in [9.17, 15) is 4.79 Å². The van der Waals surface area contributed by atoms with Gasteiger partial charge in [-0.1, -0.05) is 12.1 Å². The highest BCUT2D eigenvalue weighted by Gasteiger charge is 2.18. The second-order valence-electron chi connectivity index (χ2n) is 3.94. The van der Waals surface area contributed by atoms with Crippen LogP contribution in [-0.4, -0.2) is 16.7 Å². The summed E-state index contributed by atoms with van der Waals surface area (Å²) in [7, 11) is 0. The van der Waals surface area contributed by atoms with Gasteiger partial charge in [-0.15, -0.1) is 0 Å². The van der Waals surface area contributed by atoms with E-state index in [-0.39, 0.29) is 6.42 Å². The topological polar surface area (TPSA) is 70.3 Å². The van der Waals surface area contributed by atoms with Gasteiger partial charge in [0.15, 0.2) is 5.60 Å². The molecule has 0 aromatic heterocycles. The van der Waals surface area contributed by atoms with E-state index in [1.165, 1.54) is 0 Å². The van der Waals surface area contributed by atoms with Gasteiger partial charge in [0.2, 0.25) is 0 Å². The number of hydrogen-bond acceptors (Lipinski definition) is 3. The van der Waals surface area contributed by atoms with Gasteiger partial charge in [0.05, 0.1) is 6.42 Å². The number of aliphatic carboxylic acids is 1. The summed E-state index contributed by atoms with van der Waals surface area (Å²) in [6, 6.07) is 8.70. The molecule has 0 saturated heterocycles. The molecule has 84 valence electrons. The van der Waals surface area contributed by atoms with Crippen molar-refractivity contribution in [1.29, 1.82) is 5.26 Å². The molecule has 0 aliphatic heterocycles. The molecule has 0 aliphatic rings. The Morgan fingerprint density at radius 2 is 2.00 bits per heavy atom. The number of carboxylic acids is 1. The molecule has 0 fully saturated rings. The smallest absolute Gasteiger partial charge is 0.307 e. The van der Waals surface area contributed by atoms with Crippen molar-refractivity contribution in [1.82, 2.24) is 0 Å². The van der Waals surface area contributed by atoms with Gasteiger partial charge in [0.25, 0.3) is 0 Å². The van der Waals surface area contributed by atoms with Gasteiger partial charge in [-0.3, -0.25) is 4.79 Å². The molecule has 0 saturated carbocycles. The third-order valence-corrected chi connectivity index (χ3v) is 1.92. The van der Waals surface area contributed by atoms with E-state index in [0.29, 0.717) is 11.3 Å². The third-order valence-electron chi connectivity index (χ3n) is 1.92. The Hall–Kier alpha value is -2.02. The first-order chi connectivity index (χ1) is 7.43. The number of rotatable bonds is 4. The van der Waals surface area contributed by atoms with Crippen LogP contribution in [0.15, 0.2) is 24.3 Å². The number of carbonyl (C=O) groups is 1. The maximum Gasteiger partial charge on any atom is 0.307 e. The average Bonchev–Trinajstić information content (AvgIpc) is 2.20. The molecule has 0 bridgehead atoms. The highest BCUT2D eigenvalue weighted by molar-refractivity contribution is 5.70. The maximum atomic E-state index is 10.5. The molecule has 0 spiro atoms. The number of benzene rings is 1. The lowest BCUT2D eigenvalue weighted by molar-refractivity contribution is -0.136. The summed E-state index contributed by atoms with van der Waals surface area (Å²) in [5.41, 5.74) is -0.177. The van der Waals surface area contributed by atoms with Crippen LogP contribution >= 0.6 is 0 Å². The van der Waals surface area contributed by atoms with Crippen LogP contribution in [0.2, 0.25) is 0 Å². The number of hydrogen-bond donors (Lipinski definition) is 1. The zero-order chi connectivity index (χ0) is 12.2. The summed E-state index contributed by atoms with van der Waals surface area (Å²) in [6.45, 7) is 3.33. The fourth-order valence-corrected chi connectivity index (χ4v) is 1.17.